The second kappa shape index (κ2) is 3.76. The number of nitrogens with zero attached hydrogens (tertiary/aromatic N) is 2. The molecule has 78 valence electrons. The molecule has 0 fully saturated rings. The largest absolute Gasteiger partial charge is 0.480 e. The summed E-state index contributed by atoms with van der Waals surface area (Å²) in [7, 11) is 0. The third-order valence-electron chi connectivity index (χ3n) is 1.95. The fraction of sp³-hybridized carbons (Fsp3) is 0.111. The molecule has 0 spiro atoms. The number of rotatable bonds is 2. The van der Waals surface area contributed by atoms with E-state index >= 15 is 0 Å². The van der Waals surface area contributed by atoms with Crippen LogP contribution in [0.1, 0.15) is 0 Å². The van der Waals surface area contributed by atoms with Gasteiger partial charge in [-0.05, 0) is 40.8 Å². The van der Waals surface area contributed by atoms with Gasteiger partial charge >= 0.3 is 5.97 Å². The van der Waals surface area contributed by atoms with Gasteiger partial charge in [-0.15, -0.1) is 0 Å². The lowest BCUT2D eigenvalue weighted by Gasteiger charge is -1.98. The Morgan fingerprint density at radius 2 is 2.33 bits per heavy atom. The second-order valence-electron chi connectivity index (χ2n) is 3.00. The molecule has 0 radical (unpaired) electrons. The zero-order valence-electron chi connectivity index (χ0n) is 7.44. The number of aromatic nitrogens is 2. The minimum absolute atomic E-state index is 0.261. The highest BCUT2D eigenvalue weighted by molar-refractivity contribution is 14.1. The summed E-state index contributed by atoms with van der Waals surface area (Å²) in [5.74, 6) is -1.40. The summed E-state index contributed by atoms with van der Waals surface area (Å²) in [6, 6.07) is 4.21. The topological polar surface area (TPSA) is 55.1 Å². The van der Waals surface area contributed by atoms with Crippen LogP contribution in [0, 0.1) is 9.52 Å². The minimum Gasteiger partial charge on any atom is -0.480 e. The highest BCUT2D eigenvalue weighted by Gasteiger charge is 2.11. The molecule has 0 unspecified atom stereocenters. The Hall–Kier alpha value is -1.18. The van der Waals surface area contributed by atoms with Crippen molar-refractivity contribution >= 4 is 39.5 Å². The quantitative estimate of drug-likeness (QED) is 0.860. The van der Waals surface area contributed by atoms with Crippen LogP contribution < -0.4 is 0 Å². The maximum Gasteiger partial charge on any atom is 0.325 e. The first-order valence-electron chi connectivity index (χ1n) is 4.11. The van der Waals surface area contributed by atoms with Gasteiger partial charge in [-0.2, -0.15) is 5.10 Å². The molecule has 0 aliphatic rings. The van der Waals surface area contributed by atoms with Crippen LogP contribution in [0.4, 0.5) is 4.39 Å². The monoisotopic (exact) mass is 320 g/mol. The predicted molar refractivity (Wildman–Crippen MR) is 60.0 cm³/mol. The van der Waals surface area contributed by atoms with Crippen LogP contribution in [0.2, 0.25) is 0 Å². The SMILES string of the molecule is O=C(O)Cn1nc(I)c2ccc(F)cc21. The molecule has 0 atom stereocenters. The van der Waals surface area contributed by atoms with Crippen molar-refractivity contribution in [3.8, 4) is 0 Å². The third-order valence-corrected chi connectivity index (χ3v) is 2.75. The molecule has 0 saturated carbocycles. The highest BCUT2D eigenvalue weighted by atomic mass is 127. The molecule has 1 N–H and O–H groups in total. The first kappa shape index (κ1) is 10.3. The number of fused-ring (bicyclic) bond motifs is 1. The number of carboxylic acids is 1. The van der Waals surface area contributed by atoms with E-state index in [2.05, 4.69) is 5.10 Å². The number of carbonyl (C=O) groups is 1. The normalized spacial score (nSPS) is 10.8. The number of hydrogen-bond donors (Lipinski definition) is 1. The average Bonchev–Trinajstić information content (AvgIpc) is 2.42. The smallest absolute Gasteiger partial charge is 0.325 e. The molecule has 2 rings (SSSR count). The van der Waals surface area contributed by atoms with Crippen molar-refractivity contribution in [1.82, 2.24) is 9.78 Å². The molecule has 2 aromatic rings. The van der Waals surface area contributed by atoms with Gasteiger partial charge in [0.25, 0.3) is 0 Å². The molecule has 6 heteroatoms. The predicted octanol–water partition coefficient (Wildman–Crippen LogP) is 1.86. The fourth-order valence-electron chi connectivity index (χ4n) is 1.36. The Balaban J connectivity index is 2.64. The van der Waals surface area contributed by atoms with E-state index in [9.17, 15) is 9.18 Å². The van der Waals surface area contributed by atoms with Gasteiger partial charge in [-0.3, -0.25) is 9.48 Å². The lowest BCUT2D eigenvalue weighted by Crippen LogP contribution is -2.10. The molecule has 0 amide bonds. The van der Waals surface area contributed by atoms with Gasteiger partial charge in [0, 0.05) is 5.39 Å². The average molecular weight is 320 g/mol. The minimum atomic E-state index is -1.000. The van der Waals surface area contributed by atoms with E-state index in [-0.39, 0.29) is 6.54 Å². The summed E-state index contributed by atoms with van der Waals surface area (Å²) in [5.41, 5.74) is 0.502. The fourth-order valence-corrected chi connectivity index (χ4v) is 2.07. The van der Waals surface area contributed by atoms with E-state index in [0.29, 0.717) is 9.22 Å². The van der Waals surface area contributed by atoms with Gasteiger partial charge in [0.1, 0.15) is 16.1 Å². The molecule has 1 aromatic carbocycles. The zero-order valence-corrected chi connectivity index (χ0v) is 9.60. The Morgan fingerprint density at radius 3 is 3.00 bits per heavy atom. The molecule has 15 heavy (non-hydrogen) atoms. The van der Waals surface area contributed by atoms with E-state index in [0.717, 1.165) is 5.39 Å². The number of aliphatic carboxylic acids is 1. The third kappa shape index (κ3) is 1.94. The Bertz CT molecular complexity index is 538. The maximum atomic E-state index is 13.0. The van der Waals surface area contributed by atoms with Crippen molar-refractivity contribution in [3.05, 3.63) is 27.7 Å². The summed E-state index contributed by atoms with van der Waals surface area (Å²) >= 11 is 1.99. The highest BCUT2D eigenvalue weighted by Crippen LogP contribution is 2.20. The molecular formula is C9H6FIN2O2. The van der Waals surface area contributed by atoms with E-state index in [1.807, 2.05) is 22.6 Å². The van der Waals surface area contributed by atoms with Gasteiger partial charge in [0.05, 0.1) is 5.52 Å². The van der Waals surface area contributed by atoms with E-state index in [1.54, 1.807) is 6.07 Å². The van der Waals surface area contributed by atoms with Gasteiger partial charge < -0.3 is 5.11 Å². The first-order valence-corrected chi connectivity index (χ1v) is 5.19. The number of benzene rings is 1. The van der Waals surface area contributed by atoms with Crippen molar-refractivity contribution in [3.63, 3.8) is 0 Å². The molecule has 0 aliphatic carbocycles. The molecule has 0 aliphatic heterocycles. The number of halogens is 2. The van der Waals surface area contributed by atoms with Crippen LogP contribution in [-0.4, -0.2) is 20.9 Å². The van der Waals surface area contributed by atoms with Crippen LogP contribution in [0.15, 0.2) is 18.2 Å². The Kier molecular flexibility index (Phi) is 2.59. The van der Waals surface area contributed by atoms with Gasteiger partial charge in [0.2, 0.25) is 0 Å². The Labute approximate surface area is 97.8 Å². The summed E-state index contributed by atoms with van der Waals surface area (Å²) in [6.45, 7) is -0.261. The first-order chi connectivity index (χ1) is 7.08. The lowest BCUT2D eigenvalue weighted by atomic mass is 10.2. The standard InChI is InChI=1S/C9H6FIN2O2/c10-5-1-2-6-7(3-5)13(4-8(14)15)12-9(6)11/h1-3H,4H2,(H,14,15). The summed E-state index contributed by atoms with van der Waals surface area (Å²) < 4.78 is 14.9. The second-order valence-corrected chi connectivity index (χ2v) is 4.03. The lowest BCUT2D eigenvalue weighted by molar-refractivity contribution is -0.137. The maximum absolute atomic E-state index is 13.0. The Morgan fingerprint density at radius 1 is 1.60 bits per heavy atom. The molecule has 0 saturated heterocycles. The van der Waals surface area contributed by atoms with Crippen molar-refractivity contribution in [2.75, 3.05) is 0 Å². The van der Waals surface area contributed by atoms with Gasteiger partial charge in [0.15, 0.2) is 0 Å². The van der Waals surface area contributed by atoms with Crippen molar-refractivity contribution in [2.45, 2.75) is 6.54 Å². The number of carboxylic acid groups (broad SMARTS) is 1. The summed E-state index contributed by atoms with van der Waals surface area (Å²) in [6.07, 6.45) is 0. The van der Waals surface area contributed by atoms with E-state index in [1.165, 1.54) is 16.8 Å². The van der Waals surface area contributed by atoms with Gasteiger partial charge in [-0.1, -0.05) is 0 Å². The molecule has 1 heterocycles. The van der Waals surface area contributed by atoms with Crippen LogP contribution in [0.25, 0.3) is 10.9 Å². The van der Waals surface area contributed by atoms with Crippen LogP contribution in [0.5, 0.6) is 0 Å². The summed E-state index contributed by atoms with van der Waals surface area (Å²) in [5, 5.41) is 13.4. The molecule has 1 aromatic heterocycles. The molecular weight excluding hydrogens is 314 g/mol. The van der Waals surface area contributed by atoms with Crippen LogP contribution in [-0.2, 0) is 11.3 Å². The van der Waals surface area contributed by atoms with E-state index in [4.69, 9.17) is 5.11 Å². The van der Waals surface area contributed by atoms with Crippen molar-refractivity contribution in [1.29, 1.82) is 0 Å². The number of hydrogen-bond acceptors (Lipinski definition) is 2. The van der Waals surface area contributed by atoms with Gasteiger partial charge in [-0.25, -0.2) is 4.39 Å². The van der Waals surface area contributed by atoms with Crippen molar-refractivity contribution in [2.24, 2.45) is 0 Å². The van der Waals surface area contributed by atoms with E-state index < -0.39 is 11.8 Å². The molecule has 4 nitrogen and oxygen atoms in total. The van der Waals surface area contributed by atoms with Crippen molar-refractivity contribution < 1.29 is 14.3 Å². The molecule has 0 bridgehead atoms. The summed E-state index contributed by atoms with van der Waals surface area (Å²) in [4.78, 5) is 10.5. The van der Waals surface area contributed by atoms with Crippen LogP contribution >= 0.6 is 22.6 Å². The zero-order chi connectivity index (χ0) is 11.0. The van der Waals surface area contributed by atoms with Crippen LogP contribution in [0.3, 0.4) is 0 Å².